The van der Waals surface area contributed by atoms with Crippen LogP contribution in [0.3, 0.4) is 0 Å². The van der Waals surface area contributed by atoms with Gasteiger partial charge in [0.15, 0.2) is 0 Å². The molecule has 1 unspecified atom stereocenters. The van der Waals surface area contributed by atoms with Crippen LogP contribution in [-0.2, 0) is 4.79 Å². The van der Waals surface area contributed by atoms with Gasteiger partial charge in [-0.3, -0.25) is 4.79 Å². The van der Waals surface area contributed by atoms with Crippen LogP contribution in [0.5, 0.6) is 11.5 Å². The summed E-state index contributed by atoms with van der Waals surface area (Å²) in [4.78, 5) is 11.3. The first-order valence-electron chi connectivity index (χ1n) is 6.07. The van der Waals surface area contributed by atoms with Gasteiger partial charge in [0.2, 0.25) is 5.91 Å². The minimum Gasteiger partial charge on any atom is -0.497 e. The largest absolute Gasteiger partial charge is 0.497 e. The fourth-order valence-corrected chi connectivity index (χ4v) is 1.46. The summed E-state index contributed by atoms with van der Waals surface area (Å²) < 4.78 is 10.3. The van der Waals surface area contributed by atoms with Gasteiger partial charge < -0.3 is 25.8 Å². The molecule has 0 aliphatic rings. The summed E-state index contributed by atoms with van der Waals surface area (Å²) in [6, 6.07) is 5.02. The molecule has 1 rings (SSSR count). The molecule has 0 spiro atoms. The molecule has 0 aliphatic heterocycles. The summed E-state index contributed by atoms with van der Waals surface area (Å²) in [5.41, 5.74) is 6.31. The highest BCUT2D eigenvalue weighted by Gasteiger charge is 2.05. The van der Waals surface area contributed by atoms with Crippen molar-refractivity contribution in [3.8, 4) is 11.5 Å². The molecule has 0 radical (unpaired) electrons. The predicted octanol–water partition coefficient (Wildman–Crippen LogP) is 0.579. The molecule has 1 aromatic carbocycles. The van der Waals surface area contributed by atoms with E-state index < -0.39 is 6.04 Å². The molecule has 19 heavy (non-hydrogen) atoms. The highest BCUT2D eigenvalue weighted by atomic mass is 16.5. The fraction of sp³-hybridized carbons (Fsp3) is 0.462. The standard InChI is InChI=1S/C13H21N3O3/c1-9(14)13(17)16-5-4-15-10-6-11(18-2)8-12(7-10)19-3/h6-9,15H,4-5,14H2,1-3H3,(H,16,17). The summed E-state index contributed by atoms with van der Waals surface area (Å²) in [6.45, 7) is 2.74. The smallest absolute Gasteiger partial charge is 0.236 e. The van der Waals surface area contributed by atoms with E-state index in [2.05, 4.69) is 10.6 Å². The van der Waals surface area contributed by atoms with E-state index in [9.17, 15) is 4.79 Å². The Hall–Kier alpha value is -1.95. The lowest BCUT2D eigenvalue weighted by atomic mass is 10.2. The van der Waals surface area contributed by atoms with Crippen molar-refractivity contribution in [1.29, 1.82) is 0 Å². The number of nitrogens with two attached hydrogens (primary N) is 1. The van der Waals surface area contributed by atoms with E-state index in [1.807, 2.05) is 12.1 Å². The predicted molar refractivity (Wildman–Crippen MR) is 74.7 cm³/mol. The van der Waals surface area contributed by atoms with Crippen molar-refractivity contribution in [2.24, 2.45) is 5.73 Å². The number of benzene rings is 1. The minimum atomic E-state index is -0.489. The van der Waals surface area contributed by atoms with Gasteiger partial charge in [0.05, 0.1) is 20.3 Å². The van der Waals surface area contributed by atoms with E-state index in [4.69, 9.17) is 15.2 Å². The number of ether oxygens (including phenoxy) is 2. The lowest BCUT2D eigenvalue weighted by Crippen LogP contribution is -2.40. The van der Waals surface area contributed by atoms with Crippen molar-refractivity contribution in [3.63, 3.8) is 0 Å². The number of carbonyl (C=O) groups is 1. The van der Waals surface area contributed by atoms with Crippen LogP contribution in [0.15, 0.2) is 18.2 Å². The second-order valence-electron chi connectivity index (χ2n) is 4.11. The molecular formula is C13H21N3O3. The Kier molecular flexibility index (Phi) is 5.95. The summed E-state index contributed by atoms with van der Waals surface area (Å²) in [6.07, 6.45) is 0. The number of methoxy groups -OCH3 is 2. The van der Waals surface area contributed by atoms with Crippen LogP contribution in [0.2, 0.25) is 0 Å². The molecule has 4 N–H and O–H groups in total. The van der Waals surface area contributed by atoms with E-state index in [1.54, 1.807) is 27.2 Å². The molecule has 0 saturated carbocycles. The Labute approximate surface area is 113 Å². The third-order valence-corrected chi connectivity index (χ3v) is 2.52. The Morgan fingerprint density at radius 3 is 2.26 bits per heavy atom. The summed E-state index contributed by atoms with van der Waals surface area (Å²) in [5.74, 6) is 1.26. The zero-order chi connectivity index (χ0) is 14.3. The topological polar surface area (TPSA) is 85.6 Å². The zero-order valence-corrected chi connectivity index (χ0v) is 11.5. The van der Waals surface area contributed by atoms with E-state index in [0.29, 0.717) is 24.6 Å². The van der Waals surface area contributed by atoms with Gasteiger partial charge in [-0.25, -0.2) is 0 Å². The lowest BCUT2D eigenvalue weighted by molar-refractivity contribution is -0.121. The van der Waals surface area contributed by atoms with E-state index in [1.165, 1.54) is 0 Å². The number of nitrogens with one attached hydrogen (secondary N) is 2. The number of amides is 1. The normalized spacial score (nSPS) is 11.6. The van der Waals surface area contributed by atoms with Gasteiger partial charge in [-0.1, -0.05) is 0 Å². The lowest BCUT2D eigenvalue weighted by Gasteiger charge is -2.12. The van der Waals surface area contributed by atoms with E-state index in [-0.39, 0.29) is 5.91 Å². The van der Waals surface area contributed by atoms with Crippen molar-refractivity contribution in [2.45, 2.75) is 13.0 Å². The summed E-state index contributed by atoms with van der Waals surface area (Å²) >= 11 is 0. The molecule has 0 fully saturated rings. The molecule has 0 heterocycles. The molecule has 6 heteroatoms. The number of hydrogen-bond donors (Lipinski definition) is 3. The van der Waals surface area contributed by atoms with Gasteiger partial charge in [-0.05, 0) is 6.92 Å². The van der Waals surface area contributed by atoms with Gasteiger partial charge in [-0.2, -0.15) is 0 Å². The molecule has 0 aromatic heterocycles. The molecule has 6 nitrogen and oxygen atoms in total. The molecule has 1 aromatic rings. The Morgan fingerprint density at radius 2 is 1.79 bits per heavy atom. The van der Waals surface area contributed by atoms with Crippen LogP contribution in [-0.4, -0.2) is 39.3 Å². The average Bonchev–Trinajstić information content (AvgIpc) is 2.42. The van der Waals surface area contributed by atoms with Gasteiger partial charge in [0, 0.05) is 37.0 Å². The van der Waals surface area contributed by atoms with E-state index >= 15 is 0 Å². The maximum atomic E-state index is 11.3. The molecular weight excluding hydrogens is 246 g/mol. The maximum absolute atomic E-state index is 11.3. The van der Waals surface area contributed by atoms with Crippen LogP contribution in [0, 0.1) is 0 Å². The number of hydrogen-bond acceptors (Lipinski definition) is 5. The molecule has 106 valence electrons. The van der Waals surface area contributed by atoms with E-state index in [0.717, 1.165) is 5.69 Å². The fourth-order valence-electron chi connectivity index (χ4n) is 1.46. The summed E-state index contributed by atoms with van der Waals surface area (Å²) in [5, 5.41) is 5.89. The Bertz CT molecular complexity index is 399. The quantitative estimate of drug-likeness (QED) is 0.629. The van der Waals surface area contributed by atoms with Crippen molar-refractivity contribution in [2.75, 3.05) is 32.6 Å². The first kappa shape index (κ1) is 15.1. The van der Waals surface area contributed by atoms with Crippen molar-refractivity contribution >= 4 is 11.6 Å². The van der Waals surface area contributed by atoms with Crippen LogP contribution >= 0.6 is 0 Å². The molecule has 0 saturated heterocycles. The highest BCUT2D eigenvalue weighted by Crippen LogP contribution is 2.25. The summed E-state index contributed by atoms with van der Waals surface area (Å²) in [7, 11) is 3.20. The third-order valence-electron chi connectivity index (χ3n) is 2.52. The van der Waals surface area contributed by atoms with Crippen molar-refractivity contribution < 1.29 is 14.3 Å². The first-order chi connectivity index (χ1) is 9.06. The zero-order valence-electron chi connectivity index (χ0n) is 11.5. The molecule has 1 amide bonds. The second-order valence-corrected chi connectivity index (χ2v) is 4.11. The average molecular weight is 267 g/mol. The monoisotopic (exact) mass is 267 g/mol. The van der Waals surface area contributed by atoms with Crippen LogP contribution < -0.4 is 25.8 Å². The van der Waals surface area contributed by atoms with Crippen molar-refractivity contribution in [3.05, 3.63) is 18.2 Å². The maximum Gasteiger partial charge on any atom is 0.236 e. The highest BCUT2D eigenvalue weighted by molar-refractivity contribution is 5.80. The Balaban J connectivity index is 2.46. The first-order valence-corrected chi connectivity index (χ1v) is 6.07. The SMILES string of the molecule is COc1cc(NCCNC(=O)C(C)N)cc(OC)c1. The van der Waals surface area contributed by atoms with Gasteiger partial charge in [0.25, 0.3) is 0 Å². The second kappa shape index (κ2) is 7.48. The third kappa shape index (κ3) is 5.05. The van der Waals surface area contributed by atoms with Crippen LogP contribution in [0.4, 0.5) is 5.69 Å². The molecule has 0 aliphatic carbocycles. The van der Waals surface area contributed by atoms with Crippen molar-refractivity contribution in [1.82, 2.24) is 5.32 Å². The van der Waals surface area contributed by atoms with Gasteiger partial charge >= 0.3 is 0 Å². The van der Waals surface area contributed by atoms with Gasteiger partial charge in [0.1, 0.15) is 11.5 Å². The molecule has 1 atom stereocenters. The number of anilines is 1. The van der Waals surface area contributed by atoms with Gasteiger partial charge in [-0.15, -0.1) is 0 Å². The number of carbonyl (C=O) groups excluding carboxylic acids is 1. The van der Waals surface area contributed by atoms with Crippen LogP contribution in [0.1, 0.15) is 6.92 Å². The number of rotatable bonds is 7. The minimum absolute atomic E-state index is 0.162. The Morgan fingerprint density at radius 1 is 1.21 bits per heavy atom. The van der Waals surface area contributed by atoms with Crippen LogP contribution in [0.25, 0.3) is 0 Å². The molecule has 0 bridgehead atoms.